The van der Waals surface area contributed by atoms with Crippen LogP contribution in [0.4, 0.5) is 13.2 Å². The van der Waals surface area contributed by atoms with E-state index in [4.69, 9.17) is 0 Å². The quantitative estimate of drug-likeness (QED) is 0.858. The molecule has 1 fully saturated rings. The number of carboxylic acid groups (broad SMARTS) is 1. The molecule has 0 bridgehead atoms. The molecule has 7 heteroatoms. The van der Waals surface area contributed by atoms with Crippen molar-refractivity contribution in [2.45, 2.75) is 51.7 Å². The molecule has 0 saturated heterocycles. The molecule has 1 saturated carbocycles. The van der Waals surface area contributed by atoms with Crippen LogP contribution in [0.1, 0.15) is 48.4 Å². The fraction of sp³-hybridized carbons (Fsp3) is 0.556. The van der Waals surface area contributed by atoms with E-state index < -0.39 is 35.9 Å². The molecule has 0 radical (unpaired) electrons. The summed E-state index contributed by atoms with van der Waals surface area (Å²) in [4.78, 5) is 24.0. The van der Waals surface area contributed by atoms with Gasteiger partial charge >= 0.3 is 12.1 Å². The number of aryl methyl sites for hydroxylation is 2. The van der Waals surface area contributed by atoms with Gasteiger partial charge in [-0.3, -0.25) is 4.79 Å². The molecule has 1 amide bonds. The van der Waals surface area contributed by atoms with E-state index in [0.29, 0.717) is 18.4 Å². The normalized spacial score (nSPS) is 22.3. The van der Waals surface area contributed by atoms with Crippen molar-refractivity contribution < 1.29 is 27.9 Å². The Morgan fingerprint density at radius 1 is 1.16 bits per heavy atom. The lowest BCUT2D eigenvalue weighted by Gasteiger charge is -2.30. The second kappa shape index (κ2) is 7.45. The molecule has 3 atom stereocenters. The topological polar surface area (TPSA) is 66.4 Å². The average Bonchev–Trinajstić information content (AvgIpc) is 2.50. The number of carbonyl (C=O) groups is 2. The standard InChI is InChI=1S/C18H22F3NO3/c1-10-6-11(2)8-13(7-10)15(17(24)25)22-16(23)12-4-3-5-14(9-12)18(19,20)21/h6-8,12,14-15H,3-5,9H2,1-2H3,(H,22,23)(H,24,25). The Hall–Kier alpha value is -2.05. The van der Waals surface area contributed by atoms with Gasteiger partial charge in [-0.05, 0) is 38.7 Å². The number of hydrogen-bond acceptors (Lipinski definition) is 2. The Bertz CT molecular complexity index is 637. The fourth-order valence-electron chi connectivity index (χ4n) is 3.45. The van der Waals surface area contributed by atoms with Gasteiger partial charge in [0.1, 0.15) is 0 Å². The summed E-state index contributed by atoms with van der Waals surface area (Å²) in [5.41, 5.74) is 2.12. The zero-order valence-corrected chi connectivity index (χ0v) is 14.2. The zero-order chi connectivity index (χ0) is 18.8. The number of carbonyl (C=O) groups excluding carboxylic acids is 1. The van der Waals surface area contributed by atoms with Gasteiger partial charge in [0.25, 0.3) is 0 Å². The highest BCUT2D eigenvalue weighted by atomic mass is 19.4. The minimum absolute atomic E-state index is 0.0205. The van der Waals surface area contributed by atoms with Crippen molar-refractivity contribution in [3.8, 4) is 0 Å². The van der Waals surface area contributed by atoms with Crippen molar-refractivity contribution >= 4 is 11.9 Å². The highest BCUT2D eigenvalue weighted by molar-refractivity contribution is 5.86. The van der Waals surface area contributed by atoms with Gasteiger partial charge in [-0.25, -0.2) is 4.79 Å². The van der Waals surface area contributed by atoms with Crippen molar-refractivity contribution in [1.29, 1.82) is 0 Å². The van der Waals surface area contributed by atoms with E-state index in [1.807, 2.05) is 19.9 Å². The third-order valence-corrected chi connectivity index (χ3v) is 4.62. The lowest BCUT2D eigenvalue weighted by molar-refractivity contribution is -0.186. The smallest absolute Gasteiger partial charge is 0.391 e. The second-order valence-electron chi connectivity index (χ2n) is 6.80. The van der Waals surface area contributed by atoms with E-state index in [1.54, 1.807) is 12.1 Å². The maximum absolute atomic E-state index is 12.9. The minimum Gasteiger partial charge on any atom is -0.479 e. The summed E-state index contributed by atoms with van der Waals surface area (Å²) in [5, 5.41) is 11.9. The molecule has 1 aromatic rings. The summed E-state index contributed by atoms with van der Waals surface area (Å²) < 4.78 is 38.7. The Kier molecular flexibility index (Phi) is 5.75. The van der Waals surface area contributed by atoms with E-state index in [-0.39, 0.29) is 12.8 Å². The van der Waals surface area contributed by atoms with Crippen molar-refractivity contribution in [1.82, 2.24) is 5.32 Å². The largest absolute Gasteiger partial charge is 0.479 e. The van der Waals surface area contributed by atoms with E-state index in [1.165, 1.54) is 0 Å². The molecule has 25 heavy (non-hydrogen) atoms. The second-order valence-corrected chi connectivity index (χ2v) is 6.80. The molecule has 1 aliphatic carbocycles. The third-order valence-electron chi connectivity index (χ3n) is 4.62. The number of carboxylic acids is 1. The average molecular weight is 357 g/mol. The molecule has 1 aromatic carbocycles. The van der Waals surface area contributed by atoms with Crippen LogP contribution in [0.25, 0.3) is 0 Å². The van der Waals surface area contributed by atoms with Crippen molar-refractivity contribution in [3.05, 3.63) is 34.9 Å². The van der Waals surface area contributed by atoms with Crippen LogP contribution in [0.2, 0.25) is 0 Å². The monoisotopic (exact) mass is 357 g/mol. The van der Waals surface area contributed by atoms with Gasteiger partial charge in [0.2, 0.25) is 5.91 Å². The summed E-state index contributed by atoms with van der Waals surface area (Å²) in [6.07, 6.45) is -3.93. The maximum Gasteiger partial charge on any atom is 0.391 e. The van der Waals surface area contributed by atoms with Crippen LogP contribution in [0.15, 0.2) is 18.2 Å². The minimum atomic E-state index is -4.32. The van der Waals surface area contributed by atoms with Crippen molar-refractivity contribution in [3.63, 3.8) is 0 Å². The number of amides is 1. The SMILES string of the molecule is Cc1cc(C)cc(C(NC(=O)C2CCCC(C(F)(F)F)C2)C(=O)O)c1. The maximum atomic E-state index is 12.9. The van der Waals surface area contributed by atoms with Crippen molar-refractivity contribution in [2.75, 3.05) is 0 Å². The Balaban J connectivity index is 2.14. The highest BCUT2D eigenvalue weighted by Gasteiger charge is 2.44. The molecular weight excluding hydrogens is 335 g/mol. The summed E-state index contributed by atoms with van der Waals surface area (Å²) in [6, 6.07) is 3.92. The van der Waals surface area contributed by atoms with Crippen LogP contribution in [0.3, 0.4) is 0 Å². The first-order valence-electron chi connectivity index (χ1n) is 8.26. The Morgan fingerprint density at radius 2 is 1.76 bits per heavy atom. The number of hydrogen-bond donors (Lipinski definition) is 2. The van der Waals surface area contributed by atoms with Gasteiger partial charge in [-0.15, -0.1) is 0 Å². The highest BCUT2D eigenvalue weighted by Crippen LogP contribution is 2.40. The first-order valence-corrected chi connectivity index (χ1v) is 8.26. The Labute approximate surface area is 144 Å². The molecule has 0 aliphatic heterocycles. The van der Waals surface area contributed by atoms with Gasteiger partial charge in [-0.1, -0.05) is 35.7 Å². The fourth-order valence-corrected chi connectivity index (χ4v) is 3.45. The van der Waals surface area contributed by atoms with Gasteiger partial charge in [0.15, 0.2) is 6.04 Å². The van der Waals surface area contributed by atoms with Crippen molar-refractivity contribution in [2.24, 2.45) is 11.8 Å². The summed E-state index contributed by atoms with van der Waals surface area (Å²) in [5.74, 6) is -4.17. The summed E-state index contributed by atoms with van der Waals surface area (Å²) in [6.45, 7) is 3.62. The number of nitrogens with one attached hydrogen (secondary N) is 1. The van der Waals surface area contributed by atoms with Gasteiger partial charge < -0.3 is 10.4 Å². The van der Waals surface area contributed by atoms with Crippen LogP contribution < -0.4 is 5.32 Å². The summed E-state index contributed by atoms with van der Waals surface area (Å²) >= 11 is 0. The van der Waals surface area contributed by atoms with Crippen LogP contribution in [0.5, 0.6) is 0 Å². The first-order chi connectivity index (χ1) is 11.6. The number of halogens is 3. The van der Waals surface area contributed by atoms with E-state index >= 15 is 0 Å². The molecule has 2 rings (SSSR count). The van der Waals surface area contributed by atoms with Gasteiger partial charge in [0.05, 0.1) is 5.92 Å². The van der Waals surface area contributed by atoms with Crippen LogP contribution in [-0.2, 0) is 9.59 Å². The number of alkyl halides is 3. The number of rotatable bonds is 4. The lowest BCUT2D eigenvalue weighted by atomic mass is 9.80. The van der Waals surface area contributed by atoms with E-state index in [2.05, 4.69) is 5.32 Å². The van der Waals surface area contributed by atoms with Gasteiger partial charge in [0, 0.05) is 5.92 Å². The molecule has 2 N–H and O–H groups in total. The zero-order valence-electron chi connectivity index (χ0n) is 14.2. The van der Waals surface area contributed by atoms with Crippen LogP contribution in [0, 0.1) is 25.7 Å². The number of aliphatic carboxylic acids is 1. The molecule has 0 spiro atoms. The number of benzene rings is 1. The molecular formula is C18H22F3NO3. The Morgan fingerprint density at radius 3 is 2.28 bits per heavy atom. The van der Waals surface area contributed by atoms with Crippen LogP contribution >= 0.6 is 0 Å². The molecule has 3 unspecified atom stereocenters. The van der Waals surface area contributed by atoms with E-state index in [9.17, 15) is 27.9 Å². The predicted molar refractivity (Wildman–Crippen MR) is 85.9 cm³/mol. The third kappa shape index (κ3) is 4.96. The molecule has 0 heterocycles. The van der Waals surface area contributed by atoms with E-state index in [0.717, 1.165) is 11.1 Å². The molecule has 0 aromatic heterocycles. The molecule has 1 aliphatic rings. The first kappa shape index (κ1) is 19.3. The molecule has 4 nitrogen and oxygen atoms in total. The van der Waals surface area contributed by atoms with Gasteiger partial charge in [-0.2, -0.15) is 13.2 Å². The predicted octanol–water partition coefficient (Wildman–Crippen LogP) is 3.91. The lowest BCUT2D eigenvalue weighted by Crippen LogP contribution is -2.41. The summed E-state index contributed by atoms with van der Waals surface area (Å²) in [7, 11) is 0. The molecule has 138 valence electrons. The van der Waals surface area contributed by atoms with Crippen LogP contribution in [-0.4, -0.2) is 23.2 Å².